The second kappa shape index (κ2) is 9.51. The molecule has 0 bridgehead atoms. The summed E-state index contributed by atoms with van der Waals surface area (Å²) in [5.74, 6) is 1.30. The van der Waals surface area contributed by atoms with Crippen molar-refractivity contribution in [2.24, 2.45) is 13.0 Å². The molecule has 0 aliphatic carbocycles. The molecule has 2 saturated heterocycles. The topological polar surface area (TPSA) is 14.7 Å². The van der Waals surface area contributed by atoms with E-state index in [4.69, 9.17) is 0 Å². The number of benzene rings is 2. The highest BCUT2D eigenvalue weighted by Crippen LogP contribution is 2.34. The van der Waals surface area contributed by atoms with Crippen LogP contribution in [-0.2, 0) is 13.6 Å². The van der Waals surface area contributed by atoms with Gasteiger partial charge in [-0.15, -0.1) is 0 Å². The minimum atomic E-state index is 0.614. The molecule has 0 amide bonds. The number of para-hydroxylation sites is 1. The molecule has 2 aliphatic heterocycles. The van der Waals surface area contributed by atoms with Crippen LogP contribution in [0.1, 0.15) is 22.7 Å². The molecule has 0 saturated carbocycles. The molecule has 2 fully saturated rings. The van der Waals surface area contributed by atoms with Crippen molar-refractivity contribution in [3.8, 4) is 0 Å². The van der Waals surface area contributed by atoms with E-state index in [2.05, 4.69) is 106 Å². The Balaban J connectivity index is 1.26. The summed E-state index contributed by atoms with van der Waals surface area (Å²) in [6, 6.07) is 24.6. The quantitative estimate of drug-likeness (QED) is 0.579. The van der Waals surface area contributed by atoms with Gasteiger partial charge in [-0.2, -0.15) is 0 Å². The number of hydrogen-bond donors (Lipinski definition) is 0. The second-order valence-corrected chi connectivity index (χ2v) is 9.70. The minimum Gasteiger partial charge on any atom is -0.369 e. The Bertz CT molecular complexity index is 986. The first kappa shape index (κ1) is 21.3. The average Bonchev–Trinajstić information content (AvgIpc) is 3.41. The fraction of sp³-hybridized carbons (Fsp3) is 0.429. The lowest BCUT2D eigenvalue weighted by atomic mass is 9.88. The lowest BCUT2D eigenvalue weighted by molar-refractivity contribution is 0.209. The van der Waals surface area contributed by atoms with Crippen LogP contribution >= 0.6 is 0 Å². The molecule has 2 atom stereocenters. The number of piperazine rings is 1. The molecule has 0 radical (unpaired) electrons. The van der Waals surface area contributed by atoms with Crippen molar-refractivity contribution in [1.82, 2.24) is 14.4 Å². The minimum absolute atomic E-state index is 0.614. The predicted octanol–water partition coefficient (Wildman–Crippen LogP) is 4.37. The van der Waals surface area contributed by atoms with Crippen molar-refractivity contribution in [2.75, 3.05) is 50.7 Å². The van der Waals surface area contributed by atoms with Crippen LogP contribution in [0.25, 0.3) is 0 Å². The van der Waals surface area contributed by atoms with Crippen LogP contribution in [0.3, 0.4) is 0 Å². The Hall–Kier alpha value is -2.56. The summed E-state index contributed by atoms with van der Waals surface area (Å²) in [4.78, 5) is 7.91. The standard InChI is InChI=1S/C28H36N4/c1-23-10-12-24(13-11-23)28-22-31(21-27-9-6-14-29(27)2)20-25(28)19-30-15-17-32(18-16-30)26-7-4-3-5-8-26/h3-14,25,28H,15-22H2,1-2H3/t25-,28-/m1/s1. The third-order valence-corrected chi connectivity index (χ3v) is 7.45. The van der Waals surface area contributed by atoms with Crippen molar-refractivity contribution >= 4 is 5.69 Å². The van der Waals surface area contributed by atoms with Gasteiger partial charge in [0.25, 0.3) is 0 Å². The zero-order valence-corrected chi connectivity index (χ0v) is 19.5. The van der Waals surface area contributed by atoms with E-state index in [0.717, 1.165) is 39.3 Å². The molecule has 1 aromatic heterocycles. The van der Waals surface area contributed by atoms with Crippen LogP contribution in [0, 0.1) is 12.8 Å². The lowest BCUT2D eigenvalue weighted by Gasteiger charge is -2.38. The Morgan fingerprint density at radius 1 is 0.781 bits per heavy atom. The molecule has 0 spiro atoms. The average molecular weight is 429 g/mol. The Labute approximate surface area is 193 Å². The first-order chi connectivity index (χ1) is 15.7. The Morgan fingerprint density at radius 2 is 1.53 bits per heavy atom. The Kier molecular flexibility index (Phi) is 6.33. The van der Waals surface area contributed by atoms with Gasteiger partial charge in [-0.25, -0.2) is 0 Å². The smallest absolute Gasteiger partial charge is 0.0387 e. The molecule has 4 nitrogen and oxygen atoms in total. The van der Waals surface area contributed by atoms with Crippen LogP contribution in [0.5, 0.6) is 0 Å². The summed E-state index contributed by atoms with van der Waals surface area (Å²) in [5, 5.41) is 0. The van der Waals surface area contributed by atoms with E-state index in [9.17, 15) is 0 Å². The van der Waals surface area contributed by atoms with Crippen molar-refractivity contribution in [3.63, 3.8) is 0 Å². The summed E-state index contributed by atoms with van der Waals surface area (Å²) in [6.45, 7) is 11.3. The van der Waals surface area contributed by atoms with Gasteiger partial charge in [0.1, 0.15) is 0 Å². The molecule has 0 unspecified atom stereocenters. The van der Waals surface area contributed by atoms with Gasteiger partial charge in [-0.3, -0.25) is 9.80 Å². The number of hydrogen-bond acceptors (Lipinski definition) is 3. The zero-order valence-electron chi connectivity index (χ0n) is 19.5. The Morgan fingerprint density at radius 3 is 2.22 bits per heavy atom. The molecule has 2 aliphatic rings. The van der Waals surface area contributed by atoms with E-state index >= 15 is 0 Å². The van der Waals surface area contributed by atoms with E-state index in [0.29, 0.717) is 11.8 Å². The number of aromatic nitrogens is 1. The normalized spacial score (nSPS) is 22.5. The predicted molar refractivity (Wildman–Crippen MR) is 133 cm³/mol. The van der Waals surface area contributed by atoms with Crippen LogP contribution in [-0.4, -0.2) is 60.2 Å². The summed E-state index contributed by atoms with van der Waals surface area (Å²) in [7, 11) is 2.16. The molecule has 0 N–H and O–H groups in total. The number of nitrogens with zero attached hydrogens (tertiary/aromatic N) is 4. The molecule has 4 heteroatoms. The molecular formula is C28H36N4. The largest absolute Gasteiger partial charge is 0.369 e. The van der Waals surface area contributed by atoms with Gasteiger partial charge in [0.2, 0.25) is 0 Å². The molecule has 3 aromatic rings. The molecule has 3 heterocycles. The van der Waals surface area contributed by atoms with Gasteiger partial charge < -0.3 is 9.47 Å². The third-order valence-electron chi connectivity index (χ3n) is 7.45. The van der Waals surface area contributed by atoms with Crippen LogP contribution in [0.4, 0.5) is 5.69 Å². The highest BCUT2D eigenvalue weighted by atomic mass is 15.3. The fourth-order valence-electron chi connectivity index (χ4n) is 5.51. The van der Waals surface area contributed by atoms with E-state index in [1.54, 1.807) is 0 Å². The van der Waals surface area contributed by atoms with E-state index in [1.165, 1.54) is 35.6 Å². The highest BCUT2D eigenvalue weighted by molar-refractivity contribution is 5.46. The van der Waals surface area contributed by atoms with Crippen molar-refractivity contribution in [2.45, 2.75) is 19.4 Å². The van der Waals surface area contributed by atoms with E-state index in [-0.39, 0.29) is 0 Å². The van der Waals surface area contributed by atoms with E-state index < -0.39 is 0 Å². The second-order valence-electron chi connectivity index (χ2n) is 9.70. The van der Waals surface area contributed by atoms with Crippen LogP contribution in [0.2, 0.25) is 0 Å². The number of aryl methyl sites for hydroxylation is 2. The first-order valence-electron chi connectivity index (χ1n) is 12.1. The van der Waals surface area contributed by atoms with Crippen LogP contribution < -0.4 is 4.90 Å². The molecule has 168 valence electrons. The SMILES string of the molecule is Cc1ccc([C@H]2CN(Cc3cccn3C)C[C@H]2CN2CCN(c3ccccc3)CC2)cc1. The van der Waals surface area contributed by atoms with Crippen LogP contribution in [0.15, 0.2) is 72.9 Å². The van der Waals surface area contributed by atoms with Gasteiger partial charge in [0.05, 0.1) is 0 Å². The number of likely N-dealkylation sites (tertiary alicyclic amines) is 1. The van der Waals surface area contributed by atoms with Gasteiger partial charge in [0.15, 0.2) is 0 Å². The summed E-state index contributed by atoms with van der Waals surface area (Å²) in [5.41, 5.74) is 5.63. The lowest BCUT2D eigenvalue weighted by Crippen LogP contribution is -2.48. The fourth-order valence-corrected chi connectivity index (χ4v) is 5.51. The summed E-state index contributed by atoms with van der Waals surface area (Å²) in [6.07, 6.45) is 2.16. The van der Waals surface area contributed by atoms with Crippen molar-refractivity contribution in [3.05, 3.63) is 89.7 Å². The maximum absolute atomic E-state index is 2.71. The maximum atomic E-state index is 2.71. The third kappa shape index (κ3) is 4.77. The van der Waals surface area contributed by atoms with Crippen molar-refractivity contribution in [1.29, 1.82) is 0 Å². The van der Waals surface area contributed by atoms with Gasteiger partial charge in [-0.1, -0.05) is 48.0 Å². The molecule has 32 heavy (non-hydrogen) atoms. The maximum Gasteiger partial charge on any atom is 0.0387 e. The summed E-state index contributed by atoms with van der Waals surface area (Å²) < 4.78 is 2.26. The zero-order chi connectivity index (χ0) is 21.9. The molecule has 2 aromatic carbocycles. The van der Waals surface area contributed by atoms with Crippen molar-refractivity contribution < 1.29 is 0 Å². The number of rotatable bonds is 6. The number of anilines is 1. The molecule has 5 rings (SSSR count). The molecular weight excluding hydrogens is 392 g/mol. The first-order valence-corrected chi connectivity index (χ1v) is 12.1. The van der Waals surface area contributed by atoms with Gasteiger partial charge in [0, 0.05) is 82.9 Å². The highest BCUT2D eigenvalue weighted by Gasteiger charge is 2.35. The van der Waals surface area contributed by atoms with Gasteiger partial charge >= 0.3 is 0 Å². The monoisotopic (exact) mass is 428 g/mol. The van der Waals surface area contributed by atoms with E-state index in [1.807, 2.05) is 0 Å². The summed E-state index contributed by atoms with van der Waals surface area (Å²) >= 11 is 0. The van der Waals surface area contributed by atoms with Gasteiger partial charge in [-0.05, 0) is 42.7 Å².